The van der Waals surface area contributed by atoms with Crippen molar-refractivity contribution in [1.29, 1.82) is 0 Å². The minimum absolute atomic E-state index is 0.0465. The zero-order valence-corrected chi connectivity index (χ0v) is 35.4. The number of benzene rings is 6. The van der Waals surface area contributed by atoms with Crippen LogP contribution in [0.15, 0.2) is 147 Å². The lowest BCUT2D eigenvalue weighted by molar-refractivity contribution is 0.590. The summed E-state index contributed by atoms with van der Waals surface area (Å²) < 4.78 is 7.82. The number of nitrogens with zero attached hydrogens (tertiary/aromatic N) is 3. The zero-order chi connectivity index (χ0) is 37.2. The second kappa shape index (κ2) is 13.6. The molecule has 0 atom stereocenters. The maximum Gasteiger partial charge on any atom is 0.145 e. The Morgan fingerprint density at radius 3 is 1.26 bits per heavy atom. The van der Waals surface area contributed by atoms with Gasteiger partial charge >= 0.3 is 0 Å². The average Bonchev–Trinajstić information content (AvgIpc) is 3.68. The first kappa shape index (κ1) is 35.8. The first-order chi connectivity index (χ1) is 25.3. The highest BCUT2D eigenvalue weighted by molar-refractivity contribution is 9.11. The standard InChI is InChI=1S/C47H40Br3N3/c1-46(2,3)32-13-25-41-39(27-32)40-28-33(47(4,5)6)14-26-42(40)52(41)37-21-23-38(24-22-37)53-44(30-9-17-35(49)18-10-30)43(29-7-15-34(48)16-8-29)51-45(53)31-11-19-36(50)20-12-31/h7-28H,1-6H3. The molecule has 0 saturated carbocycles. The van der Waals surface area contributed by atoms with Gasteiger partial charge in [-0.1, -0.05) is 138 Å². The summed E-state index contributed by atoms with van der Waals surface area (Å²) in [6.07, 6.45) is 0. The van der Waals surface area contributed by atoms with Crippen molar-refractivity contribution in [2.75, 3.05) is 0 Å². The molecular weight excluding hydrogens is 846 g/mol. The molecule has 0 saturated heterocycles. The lowest BCUT2D eigenvalue weighted by Crippen LogP contribution is -2.10. The molecule has 6 aromatic carbocycles. The van der Waals surface area contributed by atoms with Gasteiger partial charge in [0.2, 0.25) is 0 Å². The lowest BCUT2D eigenvalue weighted by Gasteiger charge is -2.19. The Labute approximate surface area is 337 Å². The molecule has 0 spiro atoms. The van der Waals surface area contributed by atoms with Crippen molar-refractivity contribution in [2.24, 2.45) is 0 Å². The number of hydrogen-bond acceptors (Lipinski definition) is 1. The molecule has 0 radical (unpaired) electrons. The van der Waals surface area contributed by atoms with Gasteiger partial charge in [0.25, 0.3) is 0 Å². The van der Waals surface area contributed by atoms with Crippen molar-refractivity contribution in [3.05, 3.63) is 158 Å². The number of aromatic nitrogens is 3. The van der Waals surface area contributed by atoms with E-state index in [0.717, 1.165) is 58.7 Å². The van der Waals surface area contributed by atoms with Crippen LogP contribution in [0.1, 0.15) is 52.7 Å². The second-order valence-corrected chi connectivity index (χ2v) is 18.6. The summed E-state index contributed by atoms with van der Waals surface area (Å²) in [5.41, 5.74) is 12.5. The molecule has 0 N–H and O–H groups in total. The molecule has 0 amide bonds. The summed E-state index contributed by atoms with van der Waals surface area (Å²) in [7, 11) is 0. The Kier molecular flexibility index (Phi) is 9.16. The van der Waals surface area contributed by atoms with Crippen LogP contribution in [0.25, 0.3) is 67.1 Å². The number of halogens is 3. The molecule has 0 fully saturated rings. The van der Waals surface area contributed by atoms with Crippen molar-refractivity contribution in [3.8, 4) is 45.3 Å². The number of rotatable bonds is 5. The van der Waals surface area contributed by atoms with E-state index in [2.05, 4.69) is 232 Å². The van der Waals surface area contributed by atoms with E-state index in [1.165, 1.54) is 32.9 Å². The molecule has 264 valence electrons. The van der Waals surface area contributed by atoms with E-state index in [1.807, 2.05) is 0 Å². The van der Waals surface area contributed by atoms with Crippen LogP contribution >= 0.6 is 47.8 Å². The Hall–Kier alpha value is -4.23. The smallest absolute Gasteiger partial charge is 0.145 e. The normalized spacial score (nSPS) is 12.2. The number of imidazole rings is 1. The predicted octanol–water partition coefficient (Wildman–Crippen LogP) is 14.9. The van der Waals surface area contributed by atoms with Crippen molar-refractivity contribution in [1.82, 2.24) is 14.1 Å². The van der Waals surface area contributed by atoms with E-state index >= 15 is 0 Å². The third-order valence-electron chi connectivity index (χ3n) is 10.1. The van der Waals surface area contributed by atoms with Gasteiger partial charge in [-0.3, -0.25) is 4.57 Å². The minimum Gasteiger partial charge on any atom is -0.309 e. The summed E-state index contributed by atoms with van der Waals surface area (Å²) in [6.45, 7) is 13.7. The van der Waals surface area contributed by atoms with Crippen LogP contribution in [0.5, 0.6) is 0 Å². The maximum atomic E-state index is 5.41. The summed E-state index contributed by atoms with van der Waals surface area (Å²) in [5, 5.41) is 2.57. The molecule has 8 aromatic rings. The van der Waals surface area contributed by atoms with E-state index in [1.54, 1.807) is 0 Å². The average molecular weight is 887 g/mol. The number of fused-ring (bicyclic) bond motifs is 3. The fourth-order valence-corrected chi connectivity index (χ4v) is 7.93. The van der Waals surface area contributed by atoms with E-state index in [9.17, 15) is 0 Å². The third kappa shape index (κ3) is 6.75. The van der Waals surface area contributed by atoms with Crippen LogP contribution in [-0.4, -0.2) is 14.1 Å². The largest absolute Gasteiger partial charge is 0.309 e. The van der Waals surface area contributed by atoms with Gasteiger partial charge in [-0.05, 0) is 107 Å². The minimum atomic E-state index is 0.0465. The van der Waals surface area contributed by atoms with Crippen molar-refractivity contribution in [3.63, 3.8) is 0 Å². The van der Waals surface area contributed by atoms with E-state index in [0.29, 0.717) is 0 Å². The van der Waals surface area contributed by atoms with Crippen LogP contribution in [0.3, 0.4) is 0 Å². The predicted molar refractivity (Wildman–Crippen MR) is 235 cm³/mol. The monoisotopic (exact) mass is 883 g/mol. The van der Waals surface area contributed by atoms with Crippen LogP contribution in [0.4, 0.5) is 0 Å². The fourth-order valence-electron chi connectivity index (χ4n) is 7.13. The molecule has 8 rings (SSSR count). The molecular formula is C47H40Br3N3. The first-order valence-electron chi connectivity index (χ1n) is 17.9. The molecule has 3 nitrogen and oxygen atoms in total. The van der Waals surface area contributed by atoms with Gasteiger partial charge < -0.3 is 4.57 Å². The van der Waals surface area contributed by atoms with Crippen molar-refractivity contribution >= 4 is 69.6 Å². The lowest BCUT2D eigenvalue weighted by atomic mass is 9.85. The van der Waals surface area contributed by atoms with Gasteiger partial charge in [0.15, 0.2) is 0 Å². The maximum absolute atomic E-state index is 5.41. The van der Waals surface area contributed by atoms with Gasteiger partial charge in [0.05, 0.1) is 22.4 Å². The van der Waals surface area contributed by atoms with Gasteiger partial charge in [-0.2, -0.15) is 0 Å². The molecule has 0 bridgehead atoms. The summed E-state index contributed by atoms with van der Waals surface area (Å²) in [6, 6.07) is 48.3. The highest BCUT2D eigenvalue weighted by Gasteiger charge is 2.24. The molecule has 6 heteroatoms. The zero-order valence-electron chi connectivity index (χ0n) is 30.7. The molecule has 0 unspecified atom stereocenters. The molecule has 53 heavy (non-hydrogen) atoms. The summed E-state index contributed by atoms with van der Waals surface area (Å²) in [4.78, 5) is 5.41. The topological polar surface area (TPSA) is 22.8 Å². The Balaban J connectivity index is 1.36. The quantitative estimate of drug-likeness (QED) is 0.169. The molecule has 2 heterocycles. The summed E-state index contributed by atoms with van der Waals surface area (Å²) >= 11 is 10.9. The highest BCUT2D eigenvalue weighted by Crippen LogP contribution is 2.41. The van der Waals surface area contributed by atoms with Gasteiger partial charge in [0.1, 0.15) is 5.82 Å². The molecule has 0 aliphatic carbocycles. The van der Waals surface area contributed by atoms with Crippen LogP contribution < -0.4 is 0 Å². The van der Waals surface area contributed by atoms with E-state index < -0.39 is 0 Å². The third-order valence-corrected chi connectivity index (χ3v) is 11.7. The van der Waals surface area contributed by atoms with Gasteiger partial charge in [0, 0.05) is 52.3 Å². The molecule has 0 aliphatic heterocycles. The molecule has 2 aromatic heterocycles. The SMILES string of the molecule is CC(C)(C)c1ccc2c(c1)c1cc(C(C)(C)C)ccc1n2-c1ccc(-n2c(-c3ccc(Br)cc3)nc(-c3ccc(Br)cc3)c2-c2ccc(Br)cc2)cc1. The van der Waals surface area contributed by atoms with Crippen LogP contribution in [-0.2, 0) is 10.8 Å². The van der Waals surface area contributed by atoms with Crippen LogP contribution in [0.2, 0.25) is 0 Å². The Morgan fingerprint density at radius 1 is 0.434 bits per heavy atom. The summed E-state index contributed by atoms with van der Waals surface area (Å²) in [5.74, 6) is 0.877. The van der Waals surface area contributed by atoms with Crippen molar-refractivity contribution in [2.45, 2.75) is 52.4 Å². The van der Waals surface area contributed by atoms with E-state index in [-0.39, 0.29) is 10.8 Å². The number of hydrogen-bond donors (Lipinski definition) is 0. The van der Waals surface area contributed by atoms with Gasteiger partial charge in [-0.25, -0.2) is 4.98 Å². The van der Waals surface area contributed by atoms with Crippen molar-refractivity contribution < 1.29 is 0 Å². The molecule has 0 aliphatic rings. The Morgan fingerprint density at radius 2 is 0.830 bits per heavy atom. The fraction of sp³-hybridized carbons (Fsp3) is 0.170. The first-order valence-corrected chi connectivity index (χ1v) is 20.2. The van der Waals surface area contributed by atoms with Crippen LogP contribution in [0, 0.1) is 0 Å². The second-order valence-electron chi connectivity index (χ2n) is 15.8. The Bertz CT molecular complexity index is 2540. The highest BCUT2D eigenvalue weighted by atomic mass is 79.9. The van der Waals surface area contributed by atoms with Gasteiger partial charge in [-0.15, -0.1) is 0 Å². The van der Waals surface area contributed by atoms with E-state index in [4.69, 9.17) is 4.98 Å².